The molecule has 0 atom stereocenters. The molecule has 1 fully saturated rings. The Hall–Kier alpha value is -2.92. The first-order valence-corrected chi connectivity index (χ1v) is 12.5. The number of ether oxygens (including phenoxy) is 2. The Morgan fingerprint density at radius 1 is 1.12 bits per heavy atom. The van der Waals surface area contributed by atoms with Gasteiger partial charge in [0, 0.05) is 25.3 Å². The number of hydrogen-bond acceptors (Lipinski definition) is 6. The van der Waals surface area contributed by atoms with Crippen LogP contribution in [-0.2, 0) is 21.2 Å². The molecule has 0 aliphatic carbocycles. The molecule has 0 bridgehead atoms. The first-order valence-electron chi connectivity index (χ1n) is 11.1. The van der Waals surface area contributed by atoms with Crippen molar-refractivity contribution < 1.29 is 31.5 Å². The topological polar surface area (TPSA) is 97.0 Å². The number of rotatable bonds is 12. The Labute approximate surface area is 198 Å². The third-order valence-electron chi connectivity index (χ3n) is 5.26. The summed E-state index contributed by atoms with van der Waals surface area (Å²) in [5.41, 5.74) is 1.35. The third kappa shape index (κ3) is 7.04. The maximum atomic E-state index is 13.1. The highest BCUT2D eigenvalue weighted by molar-refractivity contribution is 7.89. The zero-order valence-electron chi connectivity index (χ0n) is 18.9. The van der Waals surface area contributed by atoms with E-state index in [0.29, 0.717) is 38.3 Å². The quantitative estimate of drug-likeness (QED) is 0.467. The molecular weight excluding hydrogens is 468 g/mol. The van der Waals surface area contributed by atoms with Crippen molar-refractivity contribution in [2.75, 3.05) is 38.1 Å². The Morgan fingerprint density at radius 2 is 1.82 bits per heavy atom. The molecule has 8 nitrogen and oxygen atoms in total. The summed E-state index contributed by atoms with van der Waals surface area (Å²) in [5, 5.41) is 5.72. The van der Waals surface area contributed by atoms with Crippen LogP contribution in [0.5, 0.6) is 11.5 Å². The zero-order chi connectivity index (χ0) is 24.6. The SMILES string of the molecule is CCOc1ccc(NCC(=O)NCCc2ccc(OC(F)F)cc2)cc1S(=O)(=O)N1CCCC1. The summed E-state index contributed by atoms with van der Waals surface area (Å²) in [6.45, 7) is 0.524. The molecule has 186 valence electrons. The molecule has 0 saturated carbocycles. The fourth-order valence-electron chi connectivity index (χ4n) is 3.59. The predicted molar refractivity (Wildman–Crippen MR) is 124 cm³/mol. The second-order valence-corrected chi connectivity index (χ2v) is 9.59. The molecule has 3 rings (SSSR count). The van der Waals surface area contributed by atoms with E-state index in [-0.39, 0.29) is 28.8 Å². The minimum atomic E-state index is -3.69. The standard InChI is InChI=1S/C23H29F2N3O5S/c1-2-32-20-10-7-18(15-21(20)34(30,31)28-13-3-4-14-28)27-16-22(29)26-12-11-17-5-8-19(9-6-17)33-23(24)25/h5-10,15,23,27H,2-4,11-14,16H2,1H3,(H,26,29). The molecule has 0 unspecified atom stereocenters. The van der Waals surface area contributed by atoms with Gasteiger partial charge in [0.25, 0.3) is 0 Å². The van der Waals surface area contributed by atoms with E-state index in [9.17, 15) is 22.0 Å². The fourth-order valence-corrected chi connectivity index (χ4v) is 5.26. The van der Waals surface area contributed by atoms with E-state index in [4.69, 9.17) is 4.74 Å². The van der Waals surface area contributed by atoms with E-state index in [1.807, 2.05) is 0 Å². The second-order valence-electron chi connectivity index (χ2n) is 7.68. The number of alkyl halides is 2. The summed E-state index contributed by atoms with van der Waals surface area (Å²) in [6, 6.07) is 11.0. The summed E-state index contributed by atoms with van der Waals surface area (Å²) in [5.74, 6) is 0.0957. The van der Waals surface area contributed by atoms with Crippen LogP contribution in [0.2, 0.25) is 0 Å². The Kier molecular flexibility index (Phi) is 9.05. The summed E-state index contributed by atoms with van der Waals surface area (Å²) in [7, 11) is -3.69. The van der Waals surface area contributed by atoms with Gasteiger partial charge in [0.1, 0.15) is 16.4 Å². The number of nitrogens with one attached hydrogen (secondary N) is 2. The first-order chi connectivity index (χ1) is 16.3. The number of halogens is 2. The highest BCUT2D eigenvalue weighted by Gasteiger charge is 2.30. The number of benzene rings is 2. The van der Waals surface area contributed by atoms with Crippen LogP contribution in [0, 0.1) is 0 Å². The van der Waals surface area contributed by atoms with Crippen LogP contribution in [-0.4, -0.2) is 58.0 Å². The van der Waals surface area contributed by atoms with Crippen LogP contribution in [0.25, 0.3) is 0 Å². The van der Waals surface area contributed by atoms with Gasteiger partial charge in [0.05, 0.1) is 13.2 Å². The lowest BCUT2D eigenvalue weighted by Crippen LogP contribution is -2.31. The average molecular weight is 498 g/mol. The van der Waals surface area contributed by atoms with E-state index in [1.54, 1.807) is 31.2 Å². The molecule has 2 aromatic rings. The number of hydrogen-bond donors (Lipinski definition) is 2. The van der Waals surface area contributed by atoms with Gasteiger partial charge >= 0.3 is 6.61 Å². The molecule has 1 amide bonds. The third-order valence-corrected chi connectivity index (χ3v) is 7.18. The van der Waals surface area contributed by atoms with E-state index in [0.717, 1.165) is 18.4 Å². The number of amides is 1. The monoisotopic (exact) mass is 497 g/mol. The van der Waals surface area contributed by atoms with Gasteiger partial charge in [-0.25, -0.2) is 8.42 Å². The predicted octanol–water partition coefficient (Wildman–Crippen LogP) is 3.24. The van der Waals surface area contributed by atoms with Crippen molar-refractivity contribution in [3.8, 4) is 11.5 Å². The van der Waals surface area contributed by atoms with Gasteiger partial charge in [0.2, 0.25) is 15.9 Å². The van der Waals surface area contributed by atoms with Crippen LogP contribution in [0.4, 0.5) is 14.5 Å². The van der Waals surface area contributed by atoms with Gasteiger partial charge in [-0.3, -0.25) is 4.79 Å². The Bertz CT molecular complexity index is 1060. The molecule has 2 N–H and O–H groups in total. The van der Waals surface area contributed by atoms with Gasteiger partial charge in [-0.05, 0) is 62.1 Å². The van der Waals surface area contributed by atoms with Crippen LogP contribution in [0.15, 0.2) is 47.4 Å². The van der Waals surface area contributed by atoms with Crippen molar-refractivity contribution in [1.29, 1.82) is 0 Å². The molecule has 1 heterocycles. The van der Waals surface area contributed by atoms with Gasteiger partial charge in [0.15, 0.2) is 0 Å². The van der Waals surface area contributed by atoms with Crippen LogP contribution in [0.3, 0.4) is 0 Å². The van der Waals surface area contributed by atoms with E-state index in [1.165, 1.54) is 22.5 Å². The Balaban J connectivity index is 1.53. The smallest absolute Gasteiger partial charge is 0.387 e. The summed E-state index contributed by atoms with van der Waals surface area (Å²) in [6.07, 6.45) is 2.17. The second kappa shape index (κ2) is 12.0. The van der Waals surface area contributed by atoms with Crippen LogP contribution >= 0.6 is 0 Å². The van der Waals surface area contributed by atoms with E-state index in [2.05, 4.69) is 15.4 Å². The molecule has 0 radical (unpaired) electrons. The van der Waals surface area contributed by atoms with Crippen LogP contribution < -0.4 is 20.1 Å². The number of nitrogens with zero attached hydrogens (tertiary/aromatic N) is 1. The molecule has 1 saturated heterocycles. The molecule has 2 aromatic carbocycles. The molecule has 0 aromatic heterocycles. The van der Waals surface area contributed by atoms with E-state index < -0.39 is 16.6 Å². The van der Waals surface area contributed by atoms with Crippen molar-refractivity contribution in [2.24, 2.45) is 0 Å². The molecule has 0 spiro atoms. The lowest BCUT2D eigenvalue weighted by atomic mass is 10.1. The number of anilines is 1. The molecule has 1 aliphatic rings. The summed E-state index contributed by atoms with van der Waals surface area (Å²) < 4.78 is 61.8. The fraction of sp³-hybridized carbons (Fsp3) is 0.435. The average Bonchev–Trinajstić information content (AvgIpc) is 3.35. The largest absolute Gasteiger partial charge is 0.492 e. The van der Waals surface area contributed by atoms with E-state index >= 15 is 0 Å². The lowest BCUT2D eigenvalue weighted by molar-refractivity contribution is -0.119. The molecule has 11 heteroatoms. The van der Waals surface area contributed by atoms with Gasteiger partial charge in [-0.15, -0.1) is 0 Å². The maximum absolute atomic E-state index is 13.1. The minimum Gasteiger partial charge on any atom is -0.492 e. The van der Waals surface area contributed by atoms with Crippen molar-refractivity contribution in [2.45, 2.75) is 37.7 Å². The van der Waals surface area contributed by atoms with Crippen LogP contribution in [0.1, 0.15) is 25.3 Å². The summed E-state index contributed by atoms with van der Waals surface area (Å²) >= 11 is 0. The highest BCUT2D eigenvalue weighted by atomic mass is 32.2. The molecule has 1 aliphatic heterocycles. The maximum Gasteiger partial charge on any atom is 0.387 e. The van der Waals surface area contributed by atoms with Crippen molar-refractivity contribution >= 4 is 21.6 Å². The minimum absolute atomic E-state index is 0.0433. The normalized spacial score (nSPS) is 14.2. The zero-order valence-corrected chi connectivity index (χ0v) is 19.7. The van der Waals surface area contributed by atoms with Gasteiger partial charge in [-0.1, -0.05) is 12.1 Å². The van der Waals surface area contributed by atoms with Crippen molar-refractivity contribution in [3.05, 3.63) is 48.0 Å². The number of sulfonamides is 1. The summed E-state index contributed by atoms with van der Waals surface area (Å²) in [4.78, 5) is 12.3. The number of carbonyl (C=O) groups is 1. The number of carbonyl (C=O) groups excluding carboxylic acids is 1. The molecular formula is C23H29F2N3O5S. The molecule has 34 heavy (non-hydrogen) atoms. The first kappa shape index (κ1) is 25.7. The van der Waals surface area contributed by atoms with Crippen molar-refractivity contribution in [3.63, 3.8) is 0 Å². The Morgan fingerprint density at radius 3 is 2.47 bits per heavy atom. The highest BCUT2D eigenvalue weighted by Crippen LogP contribution is 2.31. The lowest BCUT2D eigenvalue weighted by Gasteiger charge is -2.19. The van der Waals surface area contributed by atoms with Gasteiger partial charge < -0.3 is 20.1 Å². The van der Waals surface area contributed by atoms with Gasteiger partial charge in [-0.2, -0.15) is 13.1 Å². The van der Waals surface area contributed by atoms with Crippen molar-refractivity contribution in [1.82, 2.24) is 9.62 Å².